The predicted molar refractivity (Wildman–Crippen MR) is 72.2 cm³/mol. The maximum absolute atomic E-state index is 11.9. The van der Waals surface area contributed by atoms with Gasteiger partial charge in [-0.15, -0.1) is 0 Å². The Hall–Kier alpha value is -1.92. The van der Waals surface area contributed by atoms with E-state index in [0.29, 0.717) is 6.54 Å². The van der Waals surface area contributed by atoms with Crippen molar-refractivity contribution < 1.29 is 24.3 Å². The molecule has 1 aliphatic heterocycles. The number of hydrogen-bond acceptors (Lipinski definition) is 3. The zero-order valence-corrected chi connectivity index (χ0v) is 11.4. The van der Waals surface area contributed by atoms with Gasteiger partial charge in [0, 0.05) is 19.0 Å². The van der Waals surface area contributed by atoms with Crippen LogP contribution in [0.2, 0.25) is 0 Å². The van der Waals surface area contributed by atoms with Crippen LogP contribution in [0.25, 0.3) is 0 Å². The first-order valence-corrected chi connectivity index (χ1v) is 6.51. The lowest BCUT2D eigenvalue weighted by molar-refractivity contribution is -0.912. The van der Waals surface area contributed by atoms with E-state index in [1.165, 1.54) is 6.92 Å². The summed E-state index contributed by atoms with van der Waals surface area (Å²) < 4.78 is -0.487. The fourth-order valence-corrected chi connectivity index (χ4v) is 2.78. The summed E-state index contributed by atoms with van der Waals surface area (Å²) in [4.78, 5) is 23.5. The smallest absolute Gasteiger partial charge is 0.477 e. The summed E-state index contributed by atoms with van der Waals surface area (Å²) in [6, 6.07) is 9.16. The number of benzene rings is 1. The summed E-state index contributed by atoms with van der Waals surface area (Å²) in [5.41, 5.74) is -0.566. The molecule has 1 heterocycles. The molecule has 0 bridgehead atoms. The zero-order chi connectivity index (χ0) is 14.8. The molecule has 0 aliphatic carbocycles. The summed E-state index contributed by atoms with van der Waals surface area (Å²) in [5, 5.41) is 22.2. The molecule has 0 spiro atoms. The number of rotatable bonds is 3. The minimum Gasteiger partial charge on any atom is -0.477 e. The van der Waals surface area contributed by atoms with E-state index in [9.17, 15) is 19.8 Å². The van der Waals surface area contributed by atoms with Crippen LogP contribution in [0.5, 0.6) is 0 Å². The average Bonchev–Trinajstić information content (AvgIpc) is 2.42. The second-order valence-electron chi connectivity index (χ2n) is 5.37. The molecule has 6 nitrogen and oxygen atoms in total. The summed E-state index contributed by atoms with van der Waals surface area (Å²) in [5.74, 6) is -1.09. The van der Waals surface area contributed by atoms with Crippen molar-refractivity contribution in [2.24, 2.45) is 0 Å². The van der Waals surface area contributed by atoms with Crippen molar-refractivity contribution in [3.8, 4) is 0 Å². The predicted octanol–water partition coefficient (Wildman–Crippen LogP) is 1.13. The van der Waals surface area contributed by atoms with E-state index in [1.54, 1.807) is 0 Å². The lowest BCUT2D eigenvalue weighted by atomic mass is 9.92. The number of nitrogens with one attached hydrogen (secondary N) is 1. The first-order chi connectivity index (χ1) is 9.42. The van der Waals surface area contributed by atoms with Crippen molar-refractivity contribution in [1.82, 2.24) is 5.32 Å². The number of carboxylic acids is 1. The highest BCUT2D eigenvalue weighted by atomic mass is 16.4. The Labute approximate surface area is 117 Å². The standard InChI is InChI=1S/C14H18N2O4/c1-14(12(17)18)10-15-7-8-16(14,13(19)20)9-11-5-3-2-4-6-11/h2-6,15H,7-10H2,1H3,(H-,17,18,19,20)/p+1. The molecule has 1 aromatic rings. The maximum atomic E-state index is 11.9. The van der Waals surface area contributed by atoms with E-state index in [1.807, 2.05) is 30.3 Å². The monoisotopic (exact) mass is 279 g/mol. The quantitative estimate of drug-likeness (QED) is 0.722. The van der Waals surface area contributed by atoms with Gasteiger partial charge < -0.3 is 15.5 Å². The zero-order valence-electron chi connectivity index (χ0n) is 11.4. The Bertz CT molecular complexity index is 519. The number of aliphatic carboxylic acids is 1. The van der Waals surface area contributed by atoms with Crippen molar-refractivity contribution in [2.75, 3.05) is 19.6 Å². The van der Waals surface area contributed by atoms with Crippen molar-refractivity contribution in [3.05, 3.63) is 35.9 Å². The Morgan fingerprint density at radius 1 is 1.30 bits per heavy atom. The summed E-state index contributed by atoms with van der Waals surface area (Å²) in [6.07, 6.45) is -1.10. The maximum Gasteiger partial charge on any atom is 0.514 e. The van der Waals surface area contributed by atoms with Gasteiger partial charge in [0.1, 0.15) is 13.1 Å². The first kappa shape index (κ1) is 14.5. The summed E-state index contributed by atoms with van der Waals surface area (Å²) >= 11 is 0. The molecule has 1 amide bonds. The van der Waals surface area contributed by atoms with E-state index in [4.69, 9.17) is 0 Å². The van der Waals surface area contributed by atoms with Crippen molar-refractivity contribution in [2.45, 2.75) is 19.0 Å². The van der Waals surface area contributed by atoms with Gasteiger partial charge in [-0.3, -0.25) is 0 Å². The van der Waals surface area contributed by atoms with Crippen LogP contribution in [0.4, 0.5) is 4.79 Å². The highest BCUT2D eigenvalue weighted by molar-refractivity contribution is 5.79. The lowest BCUT2D eigenvalue weighted by Crippen LogP contribution is -2.76. The summed E-state index contributed by atoms with van der Waals surface area (Å²) in [6.45, 7) is 2.54. The van der Waals surface area contributed by atoms with Crippen LogP contribution < -0.4 is 5.32 Å². The number of carboxylic acid groups (broad SMARTS) is 2. The van der Waals surface area contributed by atoms with Crippen molar-refractivity contribution >= 4 is 12.1 Å². The van der Waals surface area contributed by atoms with Gasteiger partial charge in [0.25, 0.3) is 0 Å². The Morgan fingerprint density at radius 2 is 1.95 bits per heavy atom. The molecule has 0 aromatic heterocycles. The molecule has 1 saturated heterocycles. The number of piperazine rings is 1. The molecule has 0 radical (unpaired) electrons. The molecule has 1 aliphatic rings. The van der Waals surface area contributed by atoms with Gasteiger partial charge in [0.15, 0.2) is 0 Å². The molecular formula is C14H19N2O4+. The van der Waals surface area contributed by atoms with Crippen LogP contribution in [-0.4, -0.2) is 51.9 Å². The fourth-order valence-electron chi connectivity index (χ4n) is 2.78. The van der Waals surface area contributed by atoms with E-state index < -0.39 is 22.1 Å². The molecule has 108 valence electrons. The number of hydrogen-bond donors (Lipinski definition) is 3. The third-order valence-electron chi connectivity index (χ3n) is 4.21. The molecule has 2 unspecified atom stereocenters. The van der Waals surface area contributed by atoms with Crippen LogP contribution in [0.15, 0.2) is 30.3 Å². The fraction of sp³-hybridized carbons (Fsp3) is 0.429. The van der Waals surface area contributed by atoms with Gasteiger partial charge in [-0.1, -0.05) is 30.3 Å². The normalized spacial score (nSPS) is 29.9. The van der Waals surface area contributed by atoms with Gasteiger partial charge in [-0.05, 0) is 0 Å². The minimum atomic E-state index is -1.39. The second kappa shape index (κ2) is 5.22. The van der Waals surface area contributed by atoms with Crippen LogP contribution >= 0.6 is 0 Å². The topological polar surface area (TPSA) is 86.6 Å². The molecule has 0 saturated carbocycles. The SMILES string of the molecule is CC1(C(=O)O)CNCC[N+]1(Cc1ccccc1)C(=O)O. The van der Waals surface area contributed by atoms with Crippen LogP contribution in [0, 0.1) is 0 Å². The van der Waals surface area contributed by atoms with Crippen LogP contribution in [0.3, 0.4) is 0 Å². The van der Waals surface area contributed by atoms with Gasteiger partial charge in [-0.25, -0.2) is 9.28 Å². The average molecular weight is 279 g/mol. The Morgan fingerprint density at radius 3 is 2.50 bits per heavy atom. The third-order valence-corrected chi connectivity index (χ3v) is 4.21. The molecule has 1 aromatic carbocycles. The molecule has 3 N–H and O–H groups in total. The second-order valence-corrected chi connectivity index (χ2v) is 5.37. The molecule has 2 rings (SSSR count). The number of nitrogens with zero attached hydrogens (tertiary/aromatic N) is 1. The van der Waals surface area contributed by atoms with Crippen LogP contribution in [0.1, 0.15) is 12.5 Å². The van der Waals surface area contributed by atoms with Gasteiger partial charge in [0.05, 0.1) is 6.54 Å². The van der Waals surface area contributed by atoms with Gasteiger partial charge in [-0.2, -0.15) is 4.79 Å². The largest absolute Gasteiger partial charge is 0.514 e. The molecule has 20 heavy (non-hydrogen) atoms. The van der Waals surface area contributed by atoms with Crippen molar-refractivity contribution in [3.63, 3.8) is 0 Å². The van der Waals surface area contributed by atoms with E-state index in [2.05, 4.69) is 5.32 Å². The molecular weight excluding hydrogens is 260 g/mol. The van der Waals surface area contributed by atoms with Crippen LogP contribution in [-0.2, 0) is 11.3 Å². The Balaban J connectivity index is 2.46. The third kappa shape index (κ3) is 2.17. The van der Waals surface area contributed by atoms with E-state index in [0.717, 1.165) is 5.56 Å². The minimum absolute atomic E-state index is 0.140. The number of amides is 1. The number of quaternary nitrogens is 1. The van der Waals surface area contributed by atoms with E-state index in [-0.39, 0.29) is 19.6 Å². The molecule has 6 heteroatoms. The lowest BCUT2D eigenvalue weighted by Gasteiger charge is -2.47. The molecule has 1 fully saturated rings. The Kier molecular flexibility index (Phi) is 3.78. The van der Waals surface area contributed by atoms with Gasteiger partial charge in [0.2, 0.25) is 5.54 Å². The van der Waals surface area contributed by atoms with Gasteiger partial charge >= 0.3 is 12.1 Å². The van der Waals surface area contributed by atoms with Crippen molar-refractivity contribution in [1.29, 1.82) is 0 Å². The highest BCUT2D eigenvalue weighted by Crippen LogP contribution is 2.31. The highest BCUT2D eigenvalue weighted by Gasteiger charge is 2.60. The first-order valence-electron chi connectivity index (χ1n) is 6.51. The number of carbonyl (C=O) groups is 2. The summed E-state index contributed by atoms with van der Waals surface area (Å²) in [7, 11) is 0. The van der Waals surface area contributed by atoms with E-state index >= 15 is 0 Å². The molecule has 2 atom stereocenters.